The van der Waals surface area contributed by atoms with Crippen LogP contribution < -0.4 is 4.74 Å². The van der Waals surface area contributed by atoms with E-state index >= 15 is 0 Å². The fourth-order valence-electron chi connectivity index (χ4n) is 0.757. The van der Waals surface area contributed by atoms with Crippen molar-refractivity contribution in [2.75, 3.05) is 6.61 Å². The molecule has 1 aromatic rings. The molecular formula is C8H7ClO3S. The smallest absolute Gasteiger partial charge is 0.341 e. The molecule has 0 aromatic heterocycles. The Morgan fingerprint density at radius 1 is 1.62 bits per heavy atom. The summed E-state index contributed by atoms with van der Waals surface area (Å²) in [5, 5.41) is 8.35. The molecule has 0 atom stereocenters. The Hall–Kier alpha value is -0.870. The van der Waals surface area contributed by atoms with Crippen molar-refractivity contribution in [3.8, 4) is 5.75 Å². The maximum Gasteiger partial charge on any atom is 0.341 e. The number of carboxylic acid groups (broad SMARTS) is 1. The van der Waals surface area contributed by atoms with Crippen molar-refractivity contribution in [1.29, 1.82) is 0 Å². The molecule has 0 heterocycles. The molecule has 0 aliphatic rings. The molecule has 1 N–H and O–H groups in total. The van der Waals surface area contributed by atoms with Crippen LogP contribution in [-0.4, -0.2) is 17.7 Å². The summed E-state index contributed by atoms with van der Waals surface area (Å²) >= 11 is 0. The van der Waals surface area contributed by atoms with E-state index in [-0.39, 0.29) is 6.61 Å². The lowest BCUT2D eigenvalue weighted by molar-refractivity contribution is -0.139. The third kappa shape index (κ3) is 3.57. The molecule has 0 aliphatic carbocycles. The zero-order valence-corrected chi connectivity index (χ0v) is 8.14. The van der Waals surface area contributed by atoms with Gasteiger partial charge >= 0.3 is 5.97 Å². The fraction of sp³-hybridized carbons (Fsp3) is 0.125. The van der Waals surface area contributed by atoms with Crippen LogP contribution in [0.2, 0.25) is 0 Å². The average molecular weight is 219 g/mol. The van der Waals surface area contributed by atoms with Crippen molar-refractivity contribution in [2.45, 2.75) is 4.90 Å². The third-order valence-corrected chi connectivity index (χ3v) is 2.22. The highest BCUT2D eigenvalue weighted by atomic mass is 35.7. The van der Waals surface area contributed by atoms with Gasteiger partial charge in [-0.15, -0.1) is 0 Å². The topological polar surface area (TPSA) is 46.5 Å². The molecule has 0 aliphatic heterocycles. The molecular weight excluding hydrogens is 212 g/mol. The van der Waals surface area contributed by atoms with E-state index in [1.165, 1.54) is 0 Å². The van der Waals surface area contributed by atoms with E-state index in [0.29, 0.717) is 5.75 Å². The summed E-state index contributed by atoms with van der Waals surface area (Å²) in [4.78, 5) is 11.0. The molecule has 0 spiro atoms. The predicted octanol–water partition coefficient (Wildman–Crippen LogP) is 2.40. The highest BCUT2D eigenvalue weighted by Gasteiger charge is 1.99. The number of rotatable bonds is 4. The van der Waals surface area contributed by atoms with Crippen LogP contribution >= 0.6 is 21.7 Å². The Morgan fingerprint density at radius 3 is 3.00 bits per heavy atom. The first-order valence-electron chi connectivity index (χ1n) is 3.45. The minimum atomic E-state index is -0.996. The minimum absolute atomic E-state index is 0.337. The molecule has 0 radical (unpaired) electrons. The first kappa shape index (κ1) is 10.2. The highest BCUT2D eigenvalue weighted by Crippen LogP contribution is 2.25. The van der Waals surface area contributed by atoms with E-state index in [1.807, 2.05) is 6.07 Å². The monoisotopic (exact) mass is 218 g/mol. The van der Waals surface area contributed by atoms with Crippen molar-refractivity contribution in [1.82, 2.24) is 0 Å². The SMILES string of the molecule is O=C(O)COc1cccc(SCl)c1. The summed E-state index contributed by atoms with van der Waals surface area (Å²) in [5.74, 6) is -0.489. The Kier molecular flexibility index (Phi) is 3.92. The molecule has 70 valence electrons. The van der Waals surface area contributed by atoms with E-state index in [2.05, 4.69) is 0 Å². The number of carboxylic acids is 1. The molecule has 13 heavy (non-hydrogen) atoms. The number of carbonyl (C=O) groups is 1. The summed E-state index contributed by atoms with van der Waals surface area (Å²) in [6.45, 7) is -0.337. The van der Waals surface area contributed by atoms with Gasteiger partial charge in [0.25, 0.3) is 0 Å². The van der Waals surface area contributed by atoms with Gasteiger partial charge in [0.15, 0.2) is 6.61 Å². The minimum Gasteiger partial charge on any atom is -0.482 e. The molecule has 1 aromatic carbocycles. The van der Waals surface area contributed by atoms with Crippen molar-refractivity contribution < 1.29 is 14.6 Å². The van der Waals surface area contributed by atoms with Gasteiger partial charge in [-0.3, -0.25) is 0 Å². The molecule has 0 fully saturated rings. The summed E-state index contributed by atoms with van der Waals surface area (Å²) in [7, 11) is 6.57. The predicted molar refractivity (Wildman–Crippen MR) is 51.3 cm³/mol. The van der Waals surface area contributed by atoms with Crippen LogP contribution in [0.5, 0.6) is 5.75 Å². The van der Waals surface area contributed by atoms with Crippen LogP contribution in [0.4, 0.5) is 0 Å². The van der Waals surface area contributed by atoms with Gasteiger partial charge in [-0.25, -0.2) is 4.79 Å². The lowest BCUT2D eigenvalue weighted by atomic mass is 10.3. The normalized spacial score (nSPS) is 9.62. The number of benzene rings is 1. The quantitative estimate of drug-likeness (QED) is 0.843. The Bertz CT molecular complexity index is 303. The van der Waals surface area contributed by atoms with E-state index in [9.17, 15) is 4.79 Å². The second kappa shape index (κ2) is 4.99. The maximum atomic E-state index is 10.2. The van der Waals surface area contributed by atoms with Crippen LogP contribution in [-0.2, 0) is 4.79 Å². The standard InChI is InChI=1S/C8H7ClO3S/c9-13-7-3-1-2-6(4-7)12-5-8(10)11/h1-4H,5H2,(H,10,11). The second-order valence-corrected chi connectivity index (χ2v) is 3.32. The lowest BCUT2D eigenvalue weighted by Crippen LogP contribution is -2.09. The summed E-state index contributed by atoms with van der Waals surface area (Å²) < 4.78 is 4.94. The summed E-state index contributed by atoms with van der Waals surface area (Å²) in [6.07, 6.45) is 0. The molecule has 3 nitrogen and oxygen atoms in total. The van der Waals surface area contributed by atoms with Gasteiger partial charge in [-0.05, 0) is 39.9 Å². The van der Waals surface area contributed by atoms with Gasteiger partial charge in [0.1, 0.15) is 5.75 Å². The first-order chi connectivity index (χ1) is 6.22. The van der Waals surface area contributed by atoms with E-state index < -0.39 is 5.97 Å². The van der Waals surface area contributed by atoms with Gasteiger partial charge in [0, 0.05) is 4.90 Å². The number of ether oxygens (including phenoxy) is 1. The van der Waals surface area contributed by atoms with Gasteiger partial charge in [-0.2, -0.15) is 0 Å². The van der Waals surface area contributed by atoms with Crippen LogP contribution in [0.3, 0.4) is 0 Å². The molecule has 5 heteroatoms. The van der Waals surface area contributed by atoms with E-state index in [1.54, 1.807) is 18.2 Å². The van der Waals surface area contributed by atoms with Gasteiger partial charge in [0.05, 0.1) is 0 Å². The van der Waals surface area contributed by atoms with Gasteiger partial charge in [-0.1, -0.05) is 6.07 Å². The summed E-state index contributed by atoms with van der Waals surface area (Å²) in [6, 6.07) is 6.92. The fourth-order valence-corrected chi connectivity index (χ4v) is 1.34. The zero-order valence-electron chi connectivity index (χ0n) is 6.57. The van der Waals surface area contributed by atoms with Crippen molar-refractivity contribution in [3.05, 3.63) is 24.3 Å². The average Bonchev–Trinajstić information content (AvgIpc) is 2.15. The molecule has 0 saturated heterocycles. The maximum absolute atomic E-state index is 10.2. The number of aliphatic carboxylic acids is 1. The summed E-state index contributed by atoms with van der Waals surface area (Å²) in [5.41, 5.74) is 0. The van der Waals surface area contributed by atoms with Gasteiger partial charge < -0.3 is 9.84 Å². The van der Waals surface area contributed by atoms with E-state index in [0.717, 1.165) is 15.9 Å². The number of hydrogen-bond donors (Lipinski definition) is 1. The van der Waals surface area contributed by atoms with Gasteiger partial charge in [0.2, 0.25) is 0 Å². The second-order valence-electron chi connectivity index (χ2n) is 2.23. The number of halogens is 1. The van der Waals surface area contributed by atoms with Crippen molar-refractivity contribution in [2.24, 2.45) is 0 Å². The largest absolute Gasteiger partial charge is 0.482 e. The third-order valence-electron chi connectivity index (χ3n) is 1.26. The Morgan fingerprint density at radius 2 is 2.38 bits per heavy atom. The van der Waals surface area contributed by atoms with Crippen LogP contribution in [0, 0.1) is 0 Å². The molecule has 0 amide bonds. The Balaban J connectivity index is 2.61. The molecule has 1 rings (SSSR count). The highest BCUT2D eigenvalue weighted by molar-refractivity contribution is 8.21. The Labute approximate surface area is 84.2 Å². The van der Waals surface area contributed by atoms with Crippen LogP contribution in [0.1, 0.15) is 0 Å². The zero-order chi connectivity index (χ0) is 9.68. The van der Waals surface area contributed by atoms with Crippen molar-refractivity contribution >= 4 is 27.6 Å². The number of hydrogen-bond acceptors (Lipinski definition) is 3. The molecule has 0 unspecified atom stereocenters. The van der Waals surface area contributed by atoms with Crippen LogP contribution in [0.25, 0.3) is 0 Å². The first-order valence-corrected chi connectivity index (χ1v) is 5.10. The van der Waals surface area contributed by atoms with E-state index in [4.69, 9.17) is 20.5 Å². The van der Waals surface area contributed by atoms with Crippen LogP contribution in [0.15, 0.2) is 29.2 Å². The molecule has 0 bridgehead atoms. The molecule has 0 saturated carbocycles. The van der Waals surface area contributed by atoms with Crippen molar-refractivity contribution in [3.63, 3.8) is 0 Å². The lowest BCUT2D eigenvalue weighted by Gasteiger charge is -2.03.